The lowest BCUT2D eigenvalue weighted by Crippen LogP contribution is -1.82. The molecule has 0 aliphatic heterocycles. The summed E-state index contributed by atoms with van der Waals surface area (Å²) in [5.74, 6) is -0.115. The van der Waals surface area contributed by atoms with Crippen LogP contribution in [0.5, 0.6) is 0 Å². The molecule has 0 amide bonds. The van der Waals surface area contributed by atoms with E-state index < -0.39 is 0 Å². The summed E-state index contributed by atoms with van der Waals surface area (Å²) in [6.07, 6.45) is 2.02. The van der Waals surface area contributed by atoms with Crippen LogP contribution in [0.25, 0.3) is 11.1 Å². The van der Waals surface area contributed by atoms with E-state index in [0.717, 1.165) is 0 Å². The van der Waals surface area contributed by atoms with Crippen molar-refractivity contribution in [3.05, 3.63) is 48.2 Å². The molecule has 2 aromatic rings. The maximum absolute atomic E-state index is 12.9. The van der Waals surface area contributed by atoms with Crippen LogP contribution < -0.4 is 0 Å². The van der Waals surface area contributed by atoms with Gasteiger partial charge in [0, 0.05) is 5.56 Å². The van der Waals surface area contributed by atoms with Crippen molar-refractivity contribution in [3.63, 3.8) is 0 Å². The smallest absolute Gasteiger partial charge is 0.185 e. The summed E-state index contributed by atoms with van der Waals surface area (Å²) in [5, 5.41) is 0. The summed E-state index contributed by atoms with van der Waals surface area (Å²) in [6, 6.07) is 7.66. The van der Waals surface area contributed by atoms with E-state index in [1.165, 1.54) is 18.4 Å². The number of benzene rings is 1. The molecule has 0 spiro atoms. The largest absolute Gasteiger partial charge is 0.461 e. The van der Waals surface area contributed by atoms with Crippen molar-refractivity contribution in [2.75, 3.05) is 0 Å². The van der Waals surface area contributed by atoms with Gasteiger partial charge in [0.25, 0.3) is 0 Å². The lowest BCUT2D eigenvalue weighted by Gasteiger charge is -1.97. The average molecular weight is 190 g/mol. The molecule has 1 aromatic heterocycles. The van der Waals surface area contributed by atoms with Crippen LogP contribution in [0.15, 0.2) is 41.0 Å². The van der Waals surface area contributed by atoms with Gasteiger partial charge >= 0.3 is 0 Å². The van der Waals surface area contributed by atoms with Gasteiger partial charge in [0.15, 0.2) is 12.0 Å². The monoisotopic (exact) mass is 190 g/mol. The standard InChI is InChI=1S/C11H7FO2/c12-9-3-1-2-8(6-9)10-4-5-14-11(10)7-13/h1-7H. The fraction of sp³-hybridized carbons (Fsp3) is 0. The lowest BCUT2D eigenvalue weighted by molar-refractivity contribution is 0.110. The molecular weight excluding hydrogens is 183 g/mol. The van der Waals surface area contributed by atoms with Crippen LogP contribution in [0, 0.1) is 5.82 Å². The molecule has 0 N–H and O–H groups in total. The zero-order valence-corrected chi connectivity index (χ0v) is 7.24. The second-order valence-corrected chi connectivity index (χ2v) is 2.83. The zero-order valence-electron chi connectivity index (χ0n) is 7.24. The molecule has 0 aliphatic carbocycles. The van der Waals surface area contributed by atoms with Crippen molar-refractivity contribution in [1.29, 1.82) is 0 Å². The molecule has 1 aromatic carbocycles. The third-order valence-electron chi connectivity index (χ3n) is 1.94. The second kappa shape index (κ2) is 3.46. The van der Waals surface area contributed by atoms with Crippen LogP contribution in [0.4, 0.5) is 4.39 Å². The van der Waals surface area contributed by atoms with Gasteiger partial charge in [-0.2, -0.15) is 0 Å². The van der Waals surface area contributed by atoms with Gasteiger partial charge in [0.05, 0.1) is 6.26 Å². The Kier molecular flexibility index (Phi) is 2.14. The van der Waals surface area contributed by atoms with Crippen molar-refractivity contribution in [2.45, 2.75) is 0 Å². The summed E-state index contributed by atoms with van der Waals surface area (Å²) < 4.78 is 17.8. The molecular formula is C11H7FO2. The number of carbonyl (C=O) groups excluding carboxylic acids is 1. The van der Waals surface area contributed by atoms with E-state index in [0.29, 0.717) is 17.4 Å². The van der Waals surface area contributed by atoms with Gasteiger partial charge in [-0.05, 0) is 23.8 Å². The molecule has 0 saturated carbocycles. The van der Waals surface area contributed by atoms with E-state index in [9.17, 15) is 9.18 Å². The quantitative estimate of drug-likeness (QED) is 0.681. The molecule has 0 bridgehead atoms. The number of halogens is 1. The second-order valence-electron chi connectivity index (χ2n) is 2.83. The fourth-order valence-electron chi connectivity index (χ4n) is 1.31. The Bertz CT molecular complexity index is 460. The summed E-state index contributed by atoms with van der Waals surface area (Å²) >= 11 is 0. The average Bonchev–Trinajstić information content (AvgIpc) is 2.65. The summed E-state index contributed by atoms with van der Waals surface area (Å²) in [4.78, 5) is 10.6. The molecule has 70 valence electrons. The number of aldehydes is 1. The van der Waals surface area contributed by atoms with Crippen molar-refractivity contribution in [2.24, 2.45) is 0 Å². The normalized spacial score (nSPS) is 10.1. The maximum Gasteiger partial charge on any atom is 0.185 e. The maximum atomic E-state index is 12.9. The molecule has 14 heavy (non-hydrogen) atoms. The van der Waals surface area contributed by atoms with Crippen LogP contribution in [0.3, 0.4) is 0 Å². The molecule has 0 radical (unpaired) electrons. The Morgan fingerprint density at radius 3 is 2.86 bits per heavy atom. The highest BCUT2D eigenvalue weighted by molar-refractivity contribution is 5.84. The number of hydrogen-bond acceptors (Lipinski definition) is 2. The molecule has 0 aliphatic rings. The number of hydrogen-bond donors (Lipinski definition) is 0. The Labute approximate surface area is 80.0 Å². The van der Waals surface area contributed by atoms with Gasteiger partial charge in [-0.3, -0.25) is 4.79 Å². The van der Waals surface area contributed by atoms with E-state index >= 15 is 0 Å². The minimum absolute atomic E-state index is 0.218. The van der Waals surface area contributed by atoms with E-state index in [1.807, 2.05) is 0 Å². The highest BCUT2D eigenvalue weighted by Gasteiger charge is 2.07. The predicted octanol–water partition coefficient (Wildman–Crippen LogP) is 2.90. The number of carbonyl (C=O) groups is 1. The Morgan fingerprint density at radius 1 is 1.29 bits per heavy atom. The van der Waals surface area contributed by atoms with Crippen molar-refractivity contribution in [1.82, 2.24) is 0 Å². The van der Waals surface area contributed by atoms with Crippen LogP contribution in [0.1, 0.15) is 10.6 Å². The van der Waals surface area contributed by atoms with Crippen molar-refractivity contribution in [3.8, 4) is 11.1 Å². The first-order valence-corrected chi connectivity index (χ1v) is 4.10. The first-order valence-electron chi connectivity index (χ1n) is 4.10. The topological polar surface area (TPSA) is 30.2 Å². The third-order valence-corrected chi connectivity index (χ3v) is 1.94. The molecule has 0 fully saturated rings. The molecule has 3 heteroatoms. The molecule has 0 saturated heterocycles. The Balaban J connectivity index is 2.54. The predicted molar refractivity (Wildman–Crippen MR) is 49.5 cm³/mol. The first kappa shape index (κ1) is 8.69. The molecule has 0 atom stereocenters. The Morgan fingerprint density at radius 2 is 2.14 bits per heavy atom. The lowest BCUT2D eigenvalue weighted by atomic mass is 10.1. The van der Waals surface area contributed by atoms with Gasteiger partial charge in [0.1, 0.15) is 5.82 Å². The Hall–Kier alpha value is -1.90. The summed E-state index contributed by atoms with van der Waals surface area (Å²) in [7, 11) is 0. The van der Waals surface area contributed by atoms with E-state index in [4.69, 9.17) is 4.42 Å². The fourth-order valence-corrected chi connectivity index (χ4v) is 1.31. The van der Waals surface area contributed by atoms with Crippen LogP contribution in [0.2, 0.25) is 0 Å². The van der Waals surface area contributed by atoms with Gasteiger partial charge in [0.2, 0.25) is 0 Å². The SMILES string of the molecule is O=Cc1occc1-c1cccc(F)c1. The van der Waals surface area contributed by atoms with E-state index in [2.05, 4.69) is 0 Å². The van der Waals surface area contributed by atoms with Gasteiger partial charge < -0.3 is 4.42 Å². The highest BCUT2D eigenvalue weighted by atomic mass is 19.1. The molecule has 0 unspecified atom stereocenters. The highest BCUT2D eigenvalue weighted by Crippen LogP contribution is 2.23. The number of rotatable bonds is 2. The van der Waals surface area contributed by atoms with Gasteiger partial charge in [-0.15, -0.1) is 0 Å². The van der Waals surface area contributed by atoms with Crippen molar-refractivity contribution < 1.29 is 13.6 Å². The summed E-state index contributed by atoms with van der Waals surface area (Å²) in [5.41, 5.74) is 1.25. The zero-order chi connectivity index (χ0) is 9.97. The third kappa shape index (κ3) is 1.44. The molecule has 2 nitrogen and oxygen atoms in total. The minimum atomic E-state index is -0.333. The van der Waals surface area contributed by atoms with Crippen LogP contribution >= 0.6 is 0 Å². The van der Waals surface area contributed by atoms with E-state index in [1.54, 1.807) is 18.2 Å². The number of furan rings is 1. The van der Waals surface area contributed by atoms with Crippen molar-refractivity contribution >= 4 is 6.29 Å². The minimum Gasteiger partial charge on any atom is -0.461 e. The molecule has 2 rings (SSSR count). The van der Waals surface area contributed by atoms with Crippen LogP contribution in [-0.2, 0) is 0 Å². The van der Waals surface area contributed by atoms with Crippen LogP contribution in [-0.4, -0.2) is 6.29 Å². The first-order chi connectivity index (χ1) is 6.81. The van der Waals surface area contributed by atoms with Gasteiger partial charge in [-0.1, -0.05) is 12.1 Å². The van der Waals surface area contributed by atoms with Gasteiger partial charge in [-0.25, -0.2) is 4.39 Å². The van der Waals surface area contributed by atoms with E-state index in [-0.39, 0.29) is 11.6 Å². The molecule has 1 heterocycles. The summed E-state index contributed by atoms with van der Waals surface area (Å²) in [6.45, 7) is 0.